The minimum atomic E-state index is -0.586. The van der Waals surface area contributed by atoms with Crippen LogP contribution in [0.5, 0.6) is 5.75 Å². The van der Waals surface area contributed by atoms with Gasteiger partial charge in [-0.3, -0.25) is 9.59 Å². The number of primary amides is 1. The van der Waals surface area contributed by atoms with Gasteiger partial charge in [0, 0.05) is 0 Å². The van der Waals surface area contributed by atoms with Crippen LogP contribution in [-0.2, 0) is 10.2 Å². The van der Waals surface area contributed by atoms with Gasteiger partial charge in [0.15, 0.2) is 12.4 Å². The van der Waals surface area contributed by atoms with Crippen molar-refractivity contribution in [3.8, 4) is 5.75 Å². The number of hydrogen-bond acceptors (Lipinski definition) is 3. The Kier molecular flexibility index (Phi) is 5.75. The lowest BCUT2D eigenvalue weighted by molar-refractivity contribution is -0.119. The second-order valence-electron chi connectivity index (χ2n) is 6.82. The summed E-state index contributed by atoms with van der Waals surface area (Å²) < 4.78 is 5.30. The van der Waals surface area contributed by atoms with Crippen LogP contribution in [0.15, 0.2) is 54.6 Å². The predicted molar refractivity (Wildman–Crippen MR) is 99.6 cm³/mol. The van der Waals surface area contributed by atoms with Crippen LogP contribution in [0.1, 0.15) is 42.3 Å². The number of ketones is 1. The van der Waals surface area contributed by atoms with Crippen molar-refractivity contribution in [3.63, 3.8) is 0 Å². The SMILES string of the molecule is CC(C)(C)c1ccc(/C=C/C(=O)c2ccccc2OCC(N)=O)cc1. The van der Waals surface area contributed by atoms with Crippen LogP contribution < -0.4 is 10.5 Å². The van der Waals surface area contributed by atoms with E-state index in [1.54, 1.807) is 30.3 Å². The van der Waals surface area contributed by atoms with Gasteiger partial charge in [0.25, 0.3) is 5.91 Å². The molecule has 0 unspecified atom stereocenters. The molecule has 2 aromatic carbocycles. The number of rotatable bonds is 6. The van der Waals surface area contributed by atoms with Crippen LogP contribution in [-0.4, -0.2) is 18.3 Å². The molecule has 0 spiro atoms. The fourth-order valence-corrected chi connectivity index (χ4v) is 2.30. The standard InChI is InChI=1S/C21H23NO3/c1-21(2,3)16-11-8-15(9-12-16)10-13-18(23)17-6-4-5-7-19(17)25-14-20(22)24/h4-13H,14H2,1-3H3,(H2,22,24)/b13-10+. The van der Waals surface area contributed by atoms with Gasteiger partial charge >= 0.3 is 0 Å². The Morgan fingerprint density at radius 2 is 1.68 bits per heavy atom. The van der Waals surface area contributed by atoms with E-state index in [0.717, 1.165) is 5.56 Å². The summed E-state index contributed by atoms with van der Waals surface area (Å²) in [4.78, 5) is 23.3. The summed E-state index contributed by atoms with van der Waals surface area (Å²) in [6.07, 6.45) is 3.26. The first-order valence-corrected chi connectivity index (χ1v) is 8.10. The number of hydrogen-bond donors (Lipinski definition) is 1. The number of allylic oxidation sites excluding steroid dienone is 1. The van der Waals surface area contributed by atoms with Gasteiger partial charge in [0.2, 0.25) is 0 Å². The van der Waals surface area contributed by atoms with Crippen molar-refractivity contribution in [2.75, 3.05) is 6.61 Å². The molecule has 130 valence electrons. The zero-order valence-electron chi connectivity index (χ0n) is 14.8. The Hall–Kier alpha value is -2.88. The summed E-state index contributed by atoms with van der Waals surface area (Å²) >= 11 is 0. The molecule has 0 radical (unpaired) electrons. The number of amides is 1. The van der Waals surface area contributed by atoms with E-state index in [9.17, 15) is 9.59 Å². The van der Waals surface area contributed by atoms with Crippen LogP contribution in [0.25, 0.3) is 6.08 Å². The minimum absolute atomic E-state index is 0.0920. The quantitative estimate of drug-likeness (QED) is 0.645. The molecule has 4 nitrogen and oxygen atoms in total. The largest absolute Gasteiger partial charge is 0.483 e. The molecular formula is C21H23NO3. The van der Waals surface area contributed by atoms with Crippen molar-refractivity contribution in [1.82, 2.24) is 0 Å². The molecular weight excluding hydrogens is 314 g/mol. The molecule has 0 saturated carbocycles. The van der Waals surface area contributed by atoms with Crippen LogP contribution in [0.2, 0.25) is 0 Å². The first-order chi connectivity index (χ1) is 11.8. The summed E-state index contributed by atoms with van der Waals surface area (Å²) in [6, 6.07) is 14.9. The highest BCUT2D eigenvalue weighted by Gasteiger charge is 2.13. The van der Waals surface area contributed by atoms with Crippen LogP contribution >= 0.6 is 0 Å². The highest BCUT2D eigenvalue weighted by molar-refractivity contribution is 6.08. The fraction of sp³-hybridized carbons (Fsp3) is 0.238. The third-order valence-electron chi connectivity index (χ3n) is 3.73. The molecule has 2 aromatic rings. The number of ether oxygens (including phenoxy) is 1. The van der Waals surface area contributed by atoms with Crippen molar-refractivity contribution in [1.29, 1.82) is 0 Å². The zero-order valence-corrected chi connectivity index (χ0v) is 14.8. The molecule has 0 saturated heterocycles. The second kappa shape index (κ2) is 7.79. The molecule has 2 N–H and O–H groups in total. The Balaban J connectivity index is 2.14. The summed E-state index contributed by atoms with van der Waals surface area (Å²) in [5.41, 5.74) is 7.75. The lowest BCUT2D eigenvalue weighted by Crippen LogP contribution is -2.20. The Bertz CT molecular complexity index is 784. The van der Waals surface area contributed by atoms with Crippen molar-refractivity contribution >= 4 is 17.8 Å². The molecule has 0 aliphatic rings. The van der Waals surface area contributed by atoms with E-state index in [2.05, 4.69) is 32.9 Å². The number of benzene rings is 2. The third-order valence-corrected chi connectivity index (χ3v) is 3.73. The minimum Gasteiger partial charge on any atom is -0.483 e. The maximum Gasteiger partial charge on any atom is 0.255 e. The molecule has 0 aromatic heterocycles. The maximum absolute atomic E-state index is 12.4. The molecule has 0 aliphatic heterocycles. The number of para-hydroxylation sites is 1. The lowest BCUT2D eigenvalue weighted by Gasteiger charge is -2.18. The van der Waals surface area contributed by atoms with Gasteiger partial charge in [-0.05, 0) is 34.8 Å². The Labute approximate surface area is 148 Å². The first kappa shape index (κ1) is 18.5. The number of carbonyl (C=O) groups excluding carboxylic acids is 2. The smallest absolute Gasteiger partial charge is 0.255 e. The van der Waals surface area contributed by atoms with E-state index in [4.69, 9.17) is 10.5 Å². The highest BCUT2D eigenvalue weighted by atomic mass is 16.5. The summed E-state index contributed by atoms with van der Waals surface area (Å²) in [5, 5.41) is 0. The van der Waals surface area contributed by atoms with Crippen LogP contribution in [0.4, 0.5) is 0 Å². The Morgan fingerprint density at radius 3 is 2.28 bits per heavy atom. The average Bonchev–Trinajstić information content (AvgIpc) is 2.57. The molecule has 4 heteroatoms. The predicted octanol–water partition coefficient (Wildman–Crippen LogP) is 3.74. The normalized spacial score (nSPS) is 11.5. The van der Waals surface area contributed by atoms with E-state index in [1.807, 2.05) is 12.1 Å². The van der Waals surface area contributed by atoms with E-state index in [1.165, 1.54) is 11.6 Å². The summed E-state index contributed by atoms with van der Waals surface area (Å²) in [7, 11) is 0. The van der Waals surface area contributed by atoms with Crippen LogP contribution in [0, 0.1) is 0 Å². The van der Waals surface area contributed by atoms with E-state index in [-0.39, 0.29) is 17.8 Å². The van der Waals surface area contributed by atoms with Crippen molar-refractivity contribution in [2.45, 2.75) is 26.2 Å². The van der Waals surface area contributed by atoms with Crippen molar-refractivity contribution < 1.29 is 14.3 Å². The van der Waals surface area contributed by atoms with E-state index < -0.39 is 5.91 Å². The number of nitrogens with two attached hydrogens (primary N) is 1. The Morgan fingerprint density at radius 1 is 1.04 bits per heavy atom. The van der Waals surface area contributed by atoms with Gasteiger partial charge in [-0.15, -0.1) is 0 Å². The number of carbonyl (C=O) groups is 2. The maximum atomic E-state index is 12.4. The van der Waals surface area contributed by atoms with Gasteiger partial charge < -0.3 is 10.5 Å². The highest BCUT2D eigenvalue weighted by Crippen LogP contribution is 2.23. The third kappa shape index (κ3) is 5.31. The molecule has 0 atom stereocenters. The van der Waals surface area contributed by atoms with Crippen molar-refractivity contribution in [2.24, 2.45) is 5.73 Å². The van der Waals surface area contributed by atoms with Gasteiger partial charge in [0.05, 0.1) is 5.56 Å². The molecule has 0 bridgehead atoms. The molecule has 25 heavy (non-hydrogen) atoms. The molecule has 0 aliphatic carbocycles. The van der Waals surface area contributed by atoms with Gasteiger partial charge in [0.1, 0.15) is 5.75 Å². The second-order valence-corrected chi connectivity index (χ2v) is 6.82. The lowest BCUT2D eigenvalue weighted by atomic mass is 9.87. The molecule has 2 rings (SSSR count). The van der Waals surface area contributed by atoms with Gasteiger partial charge in [-0.1, -0.05) is 63.2 Å². The van der Waals surface area contributed by atoms with E-state index in [0.29, 0.717) is 11.3 Å². The average molecular weight is 337 g/mol. The van der Waals surface area contributed by atoms with Crippen LogP contribution in [0.3, 0.4) is 0 Å². The molecule has 1 amide bonds. The summed E-state index contributed by atoms with van der Waals surface area (Å²) in [5.74, 6) is -0.435. The zero-order chi connectivity index (χ0) is 18.4. The first-order valence-electron chi connectivity index (χ1n) is 8.10. The summed E-state index contributed by atoms with van der Waals surface area (Å²) in [6.45, 7) is 6.21. The fourth-order valence-electron chi connectivity index (χ4n) is 2.30. The van der Waals surface area contributed by atoms with E-state index >= 15 is 0 Å². The van der Waals surface area contributed by atoms with Gasteiger partial charge in [-0.25, -0.2) is 0 Å². The molecule has 0 fully saturated rings. The monoisotopic (exact) mass is 337 g/mol. The van der Waals surface area contributed by atoms with Gasteiger partial charge in [-0.2, -0.15) is 0 Å². The topological polar surface area (TPSA) is 69.4 Å². The van der Waals surface area contributed by atoms with Crippen molar-refractivity contribution in [3.05, 3.63) is 71.3 Å². The molecule has 0 heterocycles.